The molecule has 1 aliphatic heterocycles. The van der Waals surface area contributed by atoms with E-state index in [2.05, 4.69) is 10.3 Å². The van der Waals surface area contributed by atoms with Crippen molar-refractivity contribution in [1.29, 1.82) is 0 Å². The molecule has 0 bridgehead atoms. The van der Waals surface area contributed by atoms with Gasteiger partial charge in [-0.2, -0.15) is 0 Å². The van der Waals surface area contributed by atoms with Crippen LogP contribution in [-0.4, -0.2) is 75.8 Å². The SMILES string of the molecule is COCCOC(=O)c1c(C)[nH]c(C(=O)NCC2CCN(S(C)(=O)=O)CC2)c1C. The summed E-state index contributed by atoms with van der Waals surface area (Å²) in [6.45, 7) is 5.27. The summed E-state index contributed by atoms with van der Waals surface area (Å²) in [5.41, 5.74) is 1.82. The van der Waals surface area contributed by atoms with E-state index in [-0.39, 0.29) is 18.4 Å². The zero-order valence-corrected chi connectivity index (χ0v) is 17.6. The van der Waals surface area contributed by atoms with Gasteiger partial charge in [-0.3, -0.25) is 4.79 Å². The normalized spacial score (nSPS) is 16.1. The van der Waals surface area contributed by atoms with Crippen LogP contribution in [0.1, 0.15) is 44.9 Å². The number of sulfonamides is 1. The van der Waals surface area contributed by atoms with Crippen molar-refractivity contribution in [3.63, 3.8) is 0 Å². The number of amides is 1. The molecule has 158 valence electrons. The molecule has 0 aliphatic carbocycles. The number of nitrogens with zero attached hydrogens (tertiary/aromatic N) is 1. The lowest BCUT2D eigenvalue weighted by Crippen LogP contribution is -2.41. The number of carbonyl (C=O) groups is 2. The lowest BCUT2D eigenvalue weighted by molar-refractivity contribution is 0.0386. The number of piperidine rings is 1. The number of aromatic nitrogens is 1. The van der Waals surface area contributed by atoms with Gasteiger partial charge in [-0.1, -0.05) is 0 Å². The van der Waals surface area contributed by atoms with E-state index >= 15 is 0 Å². The second-order valence-electron chi connectivity index (χ2n) is 7.07. The smallest absolute Gasteiger partial charge is 0.340 e. The maximum absolute atomic E-state index is 12.6. The maximum Gasteiger partial charge on any atom is 0.340 e. The van der Waals surface area contributed by atoms with Gasteiger partial charge in [0.05, 0.1) is 18.4 Å². The molecule has 0 spiro atoms. The summed E-state index contributed by atoms with van der Waals surface area (Å²) < 4.78 is 34.6. The van der Waals surface area contributed by atoms with E-state index in [1.54, 1.807) is 13.8 Å². The molecule has 1 fully saturated rings. The molecule has 1 saturated heterocycles. The van der Waals surface area contributed by atoms with Crippen molar-refractivity contribution < 1.29 is 27.5 Å². The summed E-state index contributed by atoms with van der Waals surface area (Å²) in [5, 5.41) is 2.88. The second-order valence-corrected chi connectivity index (χ2v) is 9.05. The van der Waals surface area contributed by atoms with Crippen LogP contribution in [0.15, 0.2) is 0 Å². The molecule has 28 heavy (non-hydrogen) atoms. The molecule has 0 atom stereocenters. The van der Waals surface area contributed by atoms with E-state index in [1.807, 2.05) is 0 Å². The molecule has 9 nitrogen and oxygen atoms in total. The van der Waals surface area contributed by atoms with Crippen molar-refractivity contribution in [2.45, 2.75) is 26.7 Å². The molecule has 2 rings (SSSR count). The topological polar surface area (TPSA) is 118 Å². The highest BCUT2D eigenvalue weighted by molar-refractivity contribution is 7.88. The first kappa shape index (κ1) is 22.4. The van der Waals surface area contributed by atoms with Gasteiger partial charge in [-0.15, -0.1) is 0 Å². The zero-order valence-electron chi connectivity index (χ0n) is 16.8. The van der Waals surface area contributed by atoms with Gasteiger partial charge in [0.2, 0.25) is 10.0 Å². The Kier molecular flexibility index (Phi) is 7.62. The third-order valence-corrected chi connectivity index (χ3v) is 6.29. The number of hydrogen-bond acceptors (Lipinski definition) is 6. The van der Waals surface area contributed by atoms with Gasteiger partial charge in [0.15, 0.2) is 0 Å². The van der Waals surface area contributed by atoms with Crippen LogP contribution in [0.4, 0.5) is 0 Å². The minimum absolute atomic E-state index is 0.146. The van der Waals surface area contributed by atoms with Crippen molar-refractivity contribution in [2.24, 2.45) is 5.92 Å². The molecule has 1 aromatic heterocycles. The summed E-state index contributed by atoms with van der Waals surface area (Å²) in [6.07, 6.45) is 2.61. The Hall–Kier alpha value is -1.91. The van der Waals surface area contributed by atoms with E-state index in [0.717, 1.165) is 0 Å². The van der Waals surface area contributed by atoms with Gasteiger partial charge in [0, 0.05) is 32.4 Å². The third kappa shape index (κ3) is 5.55. The number of aryl methyl sites for hydroxylation is 1. The first-order chi connectivity index (χ1) is 13.1. The van der Waals surface area contributed by atoms with E-state index in [1.165, 1.54) is 17.7 Å². The second kappa shape index (κ2) is 9.53. The molecule has 0 unspecified atom stereocenters. The number of ether oxygens (including phenoxy) is 2. The molecule has 2 heterocycles. The Bertz CT molecular complexity index is 810. The van der Waals surface area contributed by atoms with Crippen LogP contribution < -0.4 is 5.32 Å². The Morgan fingerprint density at radius 2 is 1.86 bits per heavy atom. The Morgan fingerprint density at radius 3 is 2.43 bits per heavy atom. The quantitative estimate of drug-likeness (QED) is 0.480. The van der Waals surface area contributed by atoms with Crippen LogP contribution in [-0.2, 0) is 19.5 Å². The van der Waals surface area contributed by atoms with E-state index in [9.17, 15) is 18.0 Å². The molecule has 0 saturated carbocycles. The van der Waals surface area contributed by atoms with Crippen LogP contribution in [0, 0.1) is 19.8 Å². The molecule has 1 aliphatic rings. The lowest BCUT2D eigenvalue weighted by Gasteiger charge is -2.30. The highest BCUT2D eigenvalue weighted by Crippen LogP contribution is 2.21. The summed E-state index contributed by atoms with van der Waals surface area (Å²) in [7, 11) is -1.64. The molecular formula is C18H29N3O6S. The Labute approximate surface area is 165 Å². The molecule has 0 radical (unpaired) electrons. The first-order valence-electron chi connectivity index (χ1n) is 9.23. The van der Waals surface area contributed by atoms with Crippen LogP contribution in [0.3, 0.4) is 0 Å². The van der Waals surface area contributed by atoms with Gasteiger partial charge in [-0.25, -0.2) is 17.5 Å². The van der Waals surface area contributed by atoms with E-state index in [0.29, 0.717) is 61.6 Å². The largest absolute Gasteiger partial charge is 0.460 e. The monoisotopic (exact) mass is 415 g/mol. The molecule has 10 heteroatoms. The fourth-order valence-electron chi connectivity index (χ4n) is 3.34. The number of hydrogen-bond donors (Lipinski definition) is 2. The minimum Gasteiger partial charge on any atom is -0.460 e. The number of methoxy groups -OCH3 is 1. The fraction of sp³-hybridized carbons (Fsp3) is 0.667. The fourth-order valence-corrected chi connectivity index (χ4v) is 4.22. The van der Waals surface area contributed by atoms with Crippen molar-refractivity contribution in [2.75, 3.05) is 46.2 Å². The number of nitrogens with one attached hydrogen (secondary N) is 2. The lowest BCUT2D eigenvalue weighted by atomic mass is 9.98. The number of aromatic amines is 1. The van der Waals surface area contributed by atoms with Gasteiger partial charge in [0.25, 0.3) is 5.91 Å². The number of rotatable bonds is 8. The summed E-state index contributed by atoms with van der Waals surface area (Å²) >= 11 is 0. The standard InChI is InChI=1S/C18H29N3O6S/c1-12-15(18(23)27-10-9-26-3)13(2)20-16(12)17(22)19-11-14-5-7-21(8-6-14)28(4,24)25/h14,20H,5-11H2,1-4H3,(H,19,22). The molecule has 1 amide bonds. The number of esters is 1. The van der Waals surface area contributed by atoms with Gasteiger partial charge >= 0.3 is 5.97 Å². The van der Waals surface area contributed by atoms with Crippen molar-refractivity contribution in [3.05, 3.63) is 22.5 Å². The molecule has 2 N–H and O–H groups in total. The van der Waals surface area contributed by atoms with Crippen LogP contribution in [0.2, 0.25) is 0 Å². The van der Waals surface area contributed by atoms with Gasteiger partial charge in [-0.05, 0) is 38.2 Å². The average molecular weight is 416 g/mol. The highest BCUT2D eigenvalue weighted by Gasteiger charge is 2.26. The summed E-state index contributed by atoms with van der Waals surface area (Å²) in [5.74, 6) is -0.561. The van der Waals surface area contributed by atoms with Crippen molar-refractivity contribution in [3.8, 4) is 0 Å². The predicted octanol–water partition coefficient (Wildman–Crippen LogP) is 0.836. The summed E-state index contributed by atoms with van der Waals surface area (Å²) in [6, 6.07) is 0. The van der Waals surface area contributed by atoms with E-state index < -0.39 is 16.0 Å². The molecule has 0 aromatic carbocycles. The van der Waals surface area contributed by atoms with Gasteiger partial charge in [0.1, 0.15) is 12.3 Å². The third-order valence-electron chi connectivity index (χ3n) is 4.98. The van der Waals surface area contributed by atoms with Crippen molar-refractivity contribution in [1.82, 2.24) is 14.6 Å². The summed E-state index contributed by atoms with van der Waals surface area (Å²) in [4.78, 5) is 27.8. The molecule has 1 aromatic rings. The zero-order chi connectivity index (χ0) is 20.9. The first-order valence-corrected chi connectivity index (χ1v) is 11.1. The van der Waals surface area contributed by atoms with Crippen LogP contribution in [0.25, 0.3) is 0 Å². The average Bonchev–Trinajstić information content (AvgIpc) is 2.94. The van der Waals surface area contributed by atoms with Crippen LogP contribution >= 0.6 is 0 Å². The minimum atomic E-state index is -3.16. The number of H-pyrrole nitrogens is 1. The maximum atomic E-state index is 12.6. The Balaban J connectivity index is 1.93. The Morgan fingerprint density at radius 1 is 1.21 bits per heavy atom. The highest BCUT2D eigenvalue weighted by atomic mass is 32.2. The van der Waals surface area contributed by atoms with Crippen LogP contribution in [0.5, 0.6) is 0 Å². The van der Waals surface area contributed by atoms with Crippen molar-refractivity contribution >= 4 is 21.9 Å². The molecular weight excluding hydrogens is 386 g/mol. The predicted molar refractivity (Wildman–Crippen MR) is 104 cm³/mol. The van der Waals surface area contributed by atoms with Gasteiger partial charge < -0.3 is 19.8 Å². The van der Waals surface area contributed by atoms with E-state index in [4.69, 9.17) is 9.47 Å². The number of carbonyl (C=O) groups excluding carboxylic acids is 2.